The fraction of sp³-hybridized carbons (Fsp3) is 0.562. The number of amides is 1. The Morgan fingerprint density at radius 2 is 1.89 bits per heavy atom. The maximum absolute atomic E-state index is 11.3. The van der Waals surface area contributed by atoms with Crippen LogP contribution < -0.4 is 10.1 Å². The van der Waals surface area contributed by atoms with Gasteiger partial charge in [-0.25, -0.2) is 0 Å². The van der Waals surface area contributed by atoms with Gasteiger partial charge in [0, 0.05) is 12.1 Å². The van der Waals surface area contributed by atoms with E-state index in [9.17, 15) is 4.79 Å². The van der Waals surface area contributed by atoms with Crippen molar-refractivity contribution in [3.8, 4) is 5.75 Å². The molecule has 1 aliphatic carbocycles. The molecule has 0 saturated heterocycles. The van der Waals surface area contributed by atoms with Gasteiger partial charge < -0.3 is 10.1 Å². The Hall–Kier alpha value is -1.51. The van der Waals surface area contributed by atoms with E-state index in [2.05, 4.69) is 5.32 Å². The van der Waals surface area contributed by atoms with Crippen molar-refractivity contribution in [2.24, 2.45) is 5.92 Å². The first-order valence-corrected chi connectivity index (χ1v) is 7.30. The van der Waals surface area contributed by atoms with Crippen LogP contribution in [0, 0.1) is 5.92 Å². The minimum absolute atomic E-state index is 0.0378. The van der Waals surface area contributed by atoms with E-state index in [0.29, 0.717) is 12.3 Å². The van der Waals surface area contributed by atoms with Crippen LogP contribution in [0.1, 0.15) is 45.4 Å². The van der Waals surface area contributed by atoms with Crippen LogP contribution in [0.2, 0.25) is 0 Å². The third-order valence-electron chi connectivity index (χ3n) is 3.67. The summed E-state index contributed by atoms with van der Waals surface area (Å²) in [6.07, 6.45) is 7.16. The van der Waals surface area contributed by atoms with Crippen LogP contribution in [0.5, 0.6) is 5.75 Å². The van der Waals surface area contributed by atoms with Gasteiger partial charge in [0.25, 0.3) is 0 Å². The van der Waals surface area contributed by atoms with Crippen molar-refractivity contribution in [1.82, 2.24) is 0 Å². The van der Waals surface area contributed by atoms with Crippen LogP contribution in [0.3, 0.4) is 0 Å². The van der Waals surface area contributed by atoms with Gasteiger partial charge in [0.05, 0.1) is 6.61 Å². The number of hydrogen-bond acceptors (Lipinski definition) is 2. The summed E-state index contributed by atoms with van der Waals surface area (Å²) in [6.45, 7) is 2.66. The molecular formula is C16H23NO2. The molecule has 1 N–H and O–H groups in total. The van der Waals surface area contributed by atoms with Crippen LogP contribution in [0.4, 0.5) is 5.69 Å². The lowest BCUT2D eigenvalue weighted by atomic mass is 9.90. The first-order valence-electron chi connectivity index (χ1n) is 7.30. The van der Waals surface area contributed by atoms with Crippen LogP contribution >= 0.6 is 0 Å². The maximum atomic E-state index is 11.3. The minimum Gasteiger partial charge on any atom is -0.493 e. The lowest BCUT2D eigenvalue weighted by Crippen LogP contribution is -2.15. The maximum Gasteiger partial charge on any atom is 0.224 e. The molecule has 2 rings (SSSR count). The van der Waals surface area contributed by atoms with Crippen molar-refractivity contribution in [1.29, 1.82) is 0 Å². The van der Waals surface area contributed by atoms with E-state index in [-0.39, 0.29) is 5.91 Å². The quantitative estimate of drug-likeness (QED) is 0.870. The Balaban J connectivity index is 1.79. The van der Waals surface area contributed by atoms with Gasteiger partial charge >= 0.3 is 0 Å². The number of carbonyl (C=O) groups is 1. The van der Waals surface area contributed by atoms with Crippen LogP contribution in [0.15, 0.2) is 24.3 Å². The number of benzene rings is 1. The third-order valence-corrected chi connectivity index (χ3v) is 3.67. The Morgan fingerprint density at radius 1 is 1.21 bits per heavy atom. The third kappa shape index (κ3) is 4.58. The Bertz CT molecular complexity index is 394. The van der Waals surface area contributed by atoms with Gasteiger partial charge in [0.15, 0.2) is 0 Å². The van der Waals surface area contributed by atoms with Crippen LogP contribution in [-0.4, -0.2) is 12.5 Å². The van der Waals surface area contributed by atoms with Gasteiger partial charge in [-0.2, -0.15) is 0 Å². The molecule has 1 aromatic carbocycles. The van der Waals surface area contributed by atoms with E-state index >= 15 is 0 Å². The van der Waals surface area contributed by atoms with Crippen LogP contribution in [0.25, 0.3) is 0 Å². The van der Waals surface area contributed by atoms with Gasteiger partial charge in [-0.1, -0.05) is 26.2 Å². The van der Waals surface area contributed by atoms with E-state index in [1.165, 1.54) is 32.1 Å². The molecule has 0 atom stereocenters. The number of rotatable bonds is 5. The molecule has 1 aromatic rings. The first kappa shape index (κ1) is 13.9. The number of carbonyl (C=O) groups excluding carboxylic acids is 1. The zero-order valence-corrected chi connectivity index (χ0v) is 11.7. The highest BCUT2D eigenvalue weighted by Gasteiger charge is 2.13. The summed E-state index contributed by atoms with van der Waals surface area (Å²) in [4.78, 5) is 11.3. The average molecular weight is 261 g/mol. The fourth-order valence-corrected chi connectivity index (χ4v) is 2.45. The molecule has 0 aromatic heterocycles. The highest BCUT2D eigenvalue weighted by Crippen LogP contribution is 2.25. The molecular weight excluding hydrogens is 238 g/mol. The zero-order chi connectivity index (χ0) is 13.5. The fourth-order valence-electron chi connectivity index (χ4n) is 2.45. The molecule has 0 bridgehead atoms. The van der Waals surface area contributed by atoms with E-state index in [0.717, 1.165) is 18.0 Å². The summed E-state index contributed by atoms with van der Waals surface area (Å²) in [7, 11) is 0. The molecule has 1 fully saturated rings. The van der Waals surface area contributed by atoms with Crippen molar-refractivity contribution >= 4 is 11.6 Å². The van der Waals surface area contributed by atoms with Crippen LogP contribution in [-0.2, 0) is 4.79 Å². The van der Waals surface area contributed by atoms with E-state index in [1.54, 1.807) is 0 Å². The summed E-state index contributed by atoms with van der Waals surface area (Å²) in [6, 6.07) is 7.63. The van der Waals surface area contributed by atoms with Crippen molar-refractivity contribution in [3.05, 3.63) is 24.3 Å². The molecule has 3 nitrogen and oxygen atoms in total. The number of nitrogens with one attached hydrogen (secondary N) is 1. The second kappa shape index (κ2) is 7.17. The monoisotopic (exact) mass is 261 g/mol. The SMILES string of the molecule is CCC(=O)Nc1ccc(OCC2CCCCC2)cc1. The number of hydrogen-bond donors (Lipinski definition) is 1. The number of anilines is 1. The standard InChI is InChI=1S/C16H23NO2/c1-2-16(18)17-14-8-10-15(11-9-14)19-12-13-6-4-3-5-7-13/h8-11,13H,2-7,12H2,1H3,(H,17,18). The number of ether oxygens (including phenoxy) is 1. The molecule has 19 heavy (non-hydrogen) atoms. The lowest BCUT2D eigenvalue weighted by molar-refractivity contribution is -0.115. The van der Waals surface area contributed by atoms with Gasteiger partial charge in [-0.15, -0.1) is 0 Å². The second-order valence-corrected chi connectivity index (χ2v) is 5.24. The Kier molecular flexibility index (Phi) is 5.25. The molecule has 0 heterocycles. The van der Waals surface area contributed by atoms with Gasteiger partial charge in [-0.3, -0.25) is 4.79 Å². The summed E-state index contributed by atoms with van der Waals surface area (Å²) in [5.41, 5.74) is 0.830. The van der Waals surface area contributed by atoms with Crippen molar-refractivity contribution in [3.63, 3.8) is 0 Å². The average Bonchev–Trinajstić information content (AvgIpc) is 2.47. The van der Waals surface area contributed by atoms with Crippen molar-refractivity contribution in [2.45, 2.75) is 45.4 Å². The largest absolute Gasteiger partial charge is 0.493 e. The second-order valence-electron chi connectivity index (χ2n) is 5.24. The first-order chi connectivity index (χ1) is 9.28. The lowest BCUT2D eigenvalue weighted by Gasteiger charge is -2.21. The topological polar surface area (TPSA) is 38.3 Å². The smallest absolute Gasteiger partial charge is 0.224 e. The Morgan fingerprint density at radius 3 is 2.53 bits per heavy atom. The zero-order valence-electron chi connectivity index (χ0n) is 11.7. The van der Waals surface area contributed by atoms with Gasteiger partial charge in [-0.05, 0) is 43.0 Å². The van der Waals surface area contributed by atoms with E-state index in [1.807, 2.05) is 31.2 Å². The molecule has 1 saturated carbocycles. The highest BCUT2D eigenvalue weighted by atomic mass is 16.5. The molecule has 1 aliphatic rings. The minimum atomic E-state index is 0.0378. The summed E-state index contributed by atoms with van der Waals surface area (Å²) < 4.78 is 5.82. The molecule has 3 heteroatoms. The molecule has 1 amide bonds. The summed E-state index contributed by atoms with van der Waals surface area (Å²) in [5.74, 6) is 1.64. The normalized spacial score (nSPS) is 16.1. The predicted octanol–water partition coefficient (Wildman–Crippen LogP) is 3.99. The Labute approximate surface area is 115 Å². The van der Waals surface area contributed by atoms with E-state index < -0.39 is 0 Å². The van der Waals surface area contributed by atoms with Gasteiger partial charge in [0.2, 0.25) is 5.91 Å². The van der Waals surface area contributed by atoms with Gasteiger partial charge in [0.1, 0.15) is 5.75 Å². The van der Waals surface area contributed by atoms with Crippen molar-refractivity contribution < 1.29 is 9.53 Å². The molecule has 0 aliphatic heterocycles. The van der Waals surface area contributed by atoms with E-state index in [4.69, 9.17) is 4.74 Å². The molecule has 0 radical (unpaired) electrons. The highest BCUT2D eigenvalue weighted by molar-refractivity contribution is 5.90. The summed E-state index contributed by atoms with van der Waals surface area (Å²) in [5, 5.41) is 2.83. The summed E-state index contributed by atoms with van der Waals surface area (Å²) >= 11 is 0. The molecule has 0 unspecified atom stereocenters. The molecule has 104 valence electrons. The van der Waals surface area contributed by atoms with Crippen molar-refractivity contribution in [2.75, 3.05) is 11.9 Å². The molecule has 0 spiro atoms. The predicted molar refractivity (Wildman–Crippen MR) is 77.4 cm³/mol.